The van der Waals surface area contributed by atoms with Crippen LogP contribution in [-0.4, -0.2) is 54.6 Å². The van der Waals surface area contributed by atoms with E-state index >= 15 is 0 Å². The summed E-state index contributed by atoms with van der Waals surface area (Å²) in [7, 11) is 5.14. The molecule has 1 amide bonds. The highest BCUT2D eigenvalue weighted by Gasteiger charge is 2.52. The summed E-state index contributed by atoms with van der Waals surface area (Å²) < 4.78 is 6.29. The molecule has 1 fully saturated rings. The van der Waals surface area contributed by atoms with Crippen molar-refractivity contribution in [3.05, 3.63) is 33.7 Å². The zero-order valence-corrected chi connectivity index (χ0v) is 14.9. The first-order chi connectivity index (χ1) is 11.2. The number of rotatable bonds is 6. The van der Waals surface area contributed by atoms with Crippen molar-refractivity contribution >= 4 is 11.9 Å². The first-order valence-electron chi connectivity index (χ1n) is 7.99. The van der Waals surface area contributed by atoms with Gasteiger partial charge in [0.05, 0.1) is 7.11 Å². The number of carbonyl (C=O) groups is 2. The van der Waals surface area contributed by atoms with Crippen LogP contribution in [0, 0.1) is 6.92 Å². The first kappa shape index (κ1) is 18.2. The van der Waals surface area contributed by atoms with Gasteiger partial charge >= 0.3 is 5.97 Å². The number of hydrogen-bond acceptors (Lipinski definition) is 5. The molecule has 7 nitrogen and oxygen atoms in total. The molecule has 1 saturated carbocycles. The molecule has 1 heterocycles. The lowest BCUT2D eigenvalue weighted by molar-refractivity contribution is -0.144. The summed E-state index contributed by atoms with van der Waals surface area (Å²) >= 11 is 0. The van der Waals surface area contributed by atoms with Crippen molar-refractivity contribution in [2.24, 2.45) is 0 Å². The minimum atomic E-state index is -0.972. The summed E-state index contributed by atoms with van der Waals surface area (Å²) in [6.45, 7) is 4.32. The highest BCUT2D eigenvalue weighted by atomic mass is 16.5. The Morgan fingerprint density at radius 2 is 2.04 bits per heavy atom. The van der Waals surface area contributed by atoms with Crippen molar-refractivity contribution in [1.82, 2.24) is 14.8 Å². The van der Waals surface area contributed by atoms with Gasteiger partial charge in [-0.3, -0.25) is 9.59 Å². The van der Waals surface area contributed by atoms with Crippen LogP contribution in [0.3, 0.4) is 0 Å². The third kappa shape index (κ3) is 3.51. The molecule has 1 unspecified atom stereocenters. The van der Waals surface area contributed by atoms with Crippen molar-refractivity contribution in [1.29, 1.82) is 0 Å². The zero-order chi connectivity index (χ0) is 18.1. The summed E-state index contributed by atoms with van der Waals surface area (Å²) in [5.74, 6) is -0.988. The summed E-state index contributed by atoms with van der Waals surface area (Å²) in [5.41, 5.74) is -0.645. The van der Waals surface area contributed by atoms with E-state index in [1.165, 1.54) is 7.11 Å². The van der Waals surface area contributed by atoms with E-state index in [4.69, 9.17) is 4.74 Å². The number of amides is 1. The molecule has 0 aliphatic heterocycles. The van der Waals surface area contributed by atoms with Gasteiger partial charge in [0, 0.05) is 18.8 Å². The third-order valence-electron chi connectivity index (χ3n) is 4.34. The fourth-order valence-corrected chi connectivity index (χ4v) is 2.86. The van der Waals surface area contributed by atoms with Crippen LogP contribution >= 0.6 is 0 Å². The molecule has 1 atom stereocenters. The van der Waals surface area contributed by atoms with Crippen molar-refractivity contribution in [2.45, 2.75) is 38.3 Å². The van der Waals surface area contributed by atoms with E-state index in [0.717, 1.165) is 0 Å². The lowest BCUT2D eigenvalue weighted by atomic mass is 10.1. The Balaban J connectivity index is 2.31. The van der Waals surface area contributed by atoms with Gasteiger partial charge < -0.3 is 19.5 Å². The Morgan fingerprint density at radius 3 is 2.54 bits per heavy atom. The van der Waals surface area contributed by atoms with Gasteiger partial charge in [-0.1, -0.05) is 0 Å². The number of esters is 1. The summed E-state index contributed by atoms with van der Waals surface area (Å²) in [6, 6.07) is 1.68. The highest BCUT2D eigenvalue weighted by Crippen LogP contribution is 2.36. The zero-order valence-electron chi connectivity index (χ0n) is 14.9. The number of nitrogens with one attached hydrogen (secondary N) is 1. The van der Waals surface area contributed by atoms with Crippen molar-refractivity contribution in [3.63, 3.8) is 0 Å². The van der Waals surface area contributed by atoms with E-state index < -0.39 is 17.4 Å². The van der Waals surface area contributed by atoms with Gasteiger partial charge in [0.1, 0.15) is 11.1 Å². The molecule has 1 aliphatic rings. The lowest BCUT2D eigenvalue weighted by Gasteiger charge is -2.21. The SMILES string of the molecule is COC(=O)C1(NC(=O)c2c(C)ccn(C(C)CN(C)C)c2=O)CC1. The largest absolute Gasteiger partial charge is 0.467 e. The average Bonchev–Trinajstić information content (AvgIpc) is 3.26. The number of likely N-dealkylation sites (N-methyl/N-ethyl adjacent to an activating group) is 1. The Morgan fingerprint density at radius 1 is 1.42 bits per heavy atom. The molecule has 2 rings (SSSR count). The van der Waals surface area contributed by atoms with Gasteiger partial charge in [0.15, 0.2) is 0 Å². The number of methoxy groups -OCH3 is 1. The minimum Gasteiger partial charge on any atom is -0.467 e. The first-order valence-corrected chi connectivity index (χ1v) is 7.99. The Bertz CT molecular complexity index is 704. The normalized spacial score (nSPS) is 16.6. The third-order valence-corrected chi connectivity index (χ3v) is 4.34. The topological polar surface area (TPSA) is 80.6 Å². The monoisotopic (exact) mass is 335 g/mol. The van der Waals surface area contributed by atoms with Gasteiger partial charge in [-0.05, 0) is 52.4 Å². The van der Waals surface area contributed by atoms with Gasteiger partial charge in [0.2, 0.25) is 0 Å². The van der Waals surface area contributed by atoms with Crippen molar-refractivity contribution in [3.8, 4) is 0 Å². The molecule has 1 aromatic heterocycles. The molecule has 1 N–H and O–H groups in total. The maximum Gasteiger partial charge on any atom is 0.331 e. The molecular weight excluding hydrogens is 310 g/mol. The molecular formula is C17H25N3O4. The van der Waals surface area contributed by atoms with Crippen LogP contribution in [0.5, 0.6) is 0 Å². The molecule has 0 aromatic carbocycles. The predicted octanol–water partition coefficient (Wildman–Crippen LogP) is 0.715. The fourth-order valence-electron chi connectivity index (χ4n) is 2.86. The second-order valence-electron chi connectivity index (χ2n) is 6.73. The molecule has 0 saturated heterocycles. The number of nitrogens with zero attached hydrogens (tertiary/aromatic N) is 2. The van der Waals surface area contributed by atoms with Gasteiger partial charge in [-0.15, -0.1) is 0 Å². The fraction of sp³-hybridized carbons (Fsp3) is 0.588. The van der Waals surface area contributed by atoms with E-state index in [9.17, 15) is 14.4 Å². The van der Waals surface area contributed by atoms with Crippen LogP contribution < -0.4 is 10.9 Å². The number of aryl methyl sites for hydroxylation is 1. The van der Waals surface area contributed by atoms with Crippen molar-refractivity contribution < 1.29 is 14.3 Å². The van der Waals surface area contributed by atoms with Crippen LogP contribution in [0.25, 0.3) is 0 Å². The molecule has 24 heavy (non-hydrogen) atoms. The predicted molar refractivity (Wildman–Crippen MR) is 90.2 cm³/mol. The van der Waals surface area contributed by atoms with Crippen LogP contribution in [0.4, 0.5) is 0 Å². The Hall–Kier alpha value is -2.15. The van der Waals surface area contributed by atoms with Crippen LogP contribution in [0.1, 0.15) is 41.7 Å². The van der Waals surface area contributed by atoms with Crippen LogP contribution in [0.2, 0.25) is 0 Å². The molecule has 7 heteroatoms. The molecule has 1 aromatic rings. The van der Waals surface area contributed by atoms with Crippen molar-refractivity contribution in [2.75, 3.05) is 27.7 Å². The second-order valence-corrected chi connectivity index (χ2v) is 6.73. The number of ether oxygens (including phenoxy) is 1. The maximum absolute atomic E-state index is 12.8. The van der Waals surface area contributed by atoms with Gasteiger partial charge in [-0.25, -0.2) is 4.79 Å². The molecule has 0 spiro atoms. The van der Waals surface area contributed by atoms with E-state index in [2.05, 4.69) is 5.32 Å². The smallest absolute Gasteiger partial charge is 0.331 e. The molecule has 1 aliphatic carbocycles. The number of hydrogen-bond donors (Lipinski definition) is 1. The quantitative estimate of drug-likeness (QED) is 0.775. The second kappa shape index (κ2) is 6.76. The summed E-state index contributed by atoms with van der Waals surface area (Å²) in [5, 5.41) is 2.69. The summed E-state index contributed by atoms with van der Waals surface area (Å²) in [4.78, 5) is 39.2. The van der Waals surface area contributed by atoms with E-state index in [-0.39, 0.29) is 17.2 Å². The average molecular weight is 335 g/mol. The molecule has 132 valence electrons. The molecule has 0 bridgehead atoms. The number of pyridine rings is 1. The Kier molecular flexibility index (Phi) is 5.13. The minimum absolute atomic E-state index is 0.0739. The highest BCUT2D eigenvalue weighted by molar-refractivity contribution is 6.00. The standard InChI is InChI=1S/C17H25N3O4/c1-11-6-9-20(12(2)10-19(3)4)15(22)13(11)14(21)18-17(7-8-17)16(23)24-5/h6,9,12H,7-8,10H2,1-5H3,(H,18,21). The molecule has 0 radical (unpaired) electrons. The van der Waals surface area contributed by atoms with E-state index in [1.54, 1.807) is 23.8 Å². The van der Waals surface area contributed by atoms with Gasteiger partial charge in [-0.2, -0.15) is 0 Å². The van der Waals surface area contributed by atoms with Crippen LogP contribution in [0.15, 0.2) is 17.1 Å². The van der Waals surface area contributed by atoms with Gasteiger partial charge in [0.25, 0.3) is 11.5 Å². The maximum atomic E-state index is 12.8. The van der Waals surface area contributed by atoms with E-state index in [0.29, 0.717) is 24.9 Å². The van der Waals surface area contributed by atoms with E-state index in [1.807, 2.05) is 25.9 Å². The summed E-state index contributed by atoms with van der Waals surface area (Å²) in [6.07, 6.45) is 2.76. The number of aromatic nitrogens is 1. The number of carbonyl (C=O) groups excluding carboxylic acids is 2. The lowest BCUT2D eigenvalue weighted by Crippen LogP contribution is -2.46. The van der Waals surface area contributed by atoms with Crippen LogP contribution in [-0.2, 0) is 9.53 Å². The Labute approximate surface area is 141 Å².